The van der Waals surface area contributed by atoms with Gasteiger partial charge < -0.3 is 9.47 Å². The van der Waals surface area contributed by atoms with Crippen molar-refractivity contribution in [1.82, 2.24) is 0 Å². The molecule has 2 aromatic rings. The van der Waals surface area contributed by atoms with Crippen LogP contribution in [-0.2, 0) is 18.0 Å². The lowest BCUT2D eigenvalue weighted by atomic mass is 9.99. The quantitative estimate of drug-likeness (QED) is 0.737. The summed E-state index contributed by atoms with van der Waals surface area (Å²) in [5.41, 5.74) is 4.51. The van der Waals surface area contributed by atoms with E-state index in [-0.39, 0.29) is 5.38 Å². The number of hydrogen-bond donors (Lipinski definition) is 0. The highest BCUT2D eigenvalue weighted by Crippen LogP contribution is 2.37. The van der Waals surface area contributed by atoms with Crippen LogP contribution in [0.3, 0.4) is 0 Å². The summed E-state index contributed by atoms with van der Waals surface area (Å²) in [5.74, 6) is 0.788. The molecule has 0 aromatic heterocycles. The predicted molar refractivity (Wildman–Crippen MR) is 83.3 cm³/mol. The summed E-state index contributed by atoms with van der Waals surface area (Å²) in [4.78, 5) is 0. The third-order valence-corrected chi connectivity index (χ3v) is 4.49. The molecule has 0 N–H and O–H groups in total. The first-order chi connectivity index (χ1) is 9.69. The van der Waals surface area contributed by atoms with E-state index >= 15 is 0 Å². The Labute approximate surface area is 131 Å². The summed E-state index contributed by atoms with van der Waals surface area (Å²) in [7, 11) is 1.66. The molecule has 1 unspecified atom stereocenters. The first-order valence-electron chi connectivity index (χ1n) is 6.36. The normalized spacial score (nSPS) is 14.9. The van der Waals surface area contributed by atoms with Crippen LogP contribution >= 0.6 is 27.5 Å². The Hall–Kier alpha value is -1.03. The van der Waals surface area contributed by atoms with Crippen molar-refractivity contribution >= 4 is 27.5 Å². The molecule has 0 radical (unpaired) electrons. The molecule has 0 bridgehead atoms. The average molecular weight is 354 g/mol. The molecular formula is C16H14BrClO2. The van der Waals surface area contributed by atoms with E-state index in [4.69, 9.17) is 21.1 Å². The molecule has 3 rings (SSSR count). The summed E-state index contributed by atoms with van der Waals surface area (Å²) >= 11 is 10.1. The van der Waals surface area contributed by atoms with Crippen molar-refractivity contribution in [3.63, 3.8) is 0 Å². The van der Waals surface area contributed by atoms with E-state index in [9.17, 15) is 0 Å². The Bertz CT molecular complexity index is 642. The molecule has 2 aromatic carbocycles. The van der Waals surface area contributed by atoms with Gasteiger partial charge in [-0.15, -0.1) is 11.6 Å². The molecule has 0 saturated carbocycles. The van der Waals surface area contributed by atoms with Gasteiger partial charge in [0.15, 0.2) is 0 Å². The minimum Gasteiger partial charge on any atom is -0.496 e. The number of halogens is 2. The molecule has 20 heavy (non-hydrogen) atoms. The van der Waals surface area contributed by atoms with Crippen molar-refractivity contribution in [2.24, 2.45) is 0 Å². The van der Waals surface area contributed by atoms with Gasteiger partial charge in [-0.05, 0) is 28.8 Å². The fourth-order valence-electron chi connectivity index (χ4n) is 2.42. The number of alkyl halides is 1. The molecule has 0 spiro atoms. The number of hydrogen-bond acceptors (Lipinski definition) is 2. The monoisotopic (exact) mass is 352 g/mol. The van der Waals surface area contributed by atoms with E-state index < -0.39 is 0 Å². The van der Waals surface area contributed by atoms with Gasteiger partial charge in [0, 0.05) is 10.0 Å². The number of benzene rings is 2. The van der Waals surface area contributed by atoms with Crippen LogP contribution in [0.5, 0.6) is 5.75 Å². The second-order valence-corrected chi connectivity index (χ2v) is 6.12. The standard InChI is InChI=1S/C16H14BrClO2/c1-19-15-7-13(17)4-5-14(15)16(18)10-2-3-11-8-20-9-12(11)6-10/h2-7,16H,8-9H2,1H3. The molecule has 2 nitrogen and oxygen atoms in total. The van der Waals surface area contributed by atoms with Crippen molar-refractivity contribution < 1.29 is 9.47 Å². The highest BCUT2D eigenvalue weighted by atomic mass is 79.9. The summed E-state index contributed by atoms with van der Waals surface area (Å²) in [6.45, 7) is 1.37. The van der Waals surface area contributed by atoms with Crippen molar-refractivity contribution in [3.8, 4) is 5.75 Å². The fourth-order valence-corrected chi connectivity index (χ4v) is 3.08. The molecule has 1 aliphatic rings. The molecule has 1 atom stereocenters. The number of methoxy groups -OCH3 is 1. The van der Waals surface area contributed by atoms with Crippen LogP contribution in [0.1, 0.15) is 27.6 Å². The molecule has 104 valence electrons. The Balaban J connectivity index is 1.98. The Morgan fingerprint density at radius 2 is 1.95 bits per heavy atom. The van der Waals surface area contributed by atoms with Gasteiger partial charge in [0.05, 0.1) is 25.7 Å². The van der Waals surface area contributed by atoms with Gasteiger partial charge in [-0.3, -0.25) is 0 Å². The third-order valence-electron chi connectivity index (χ3n) is 3.51. The lowest BCUT2D eigenvalue weighted by Gasteiger charge is -2.15. The zero-order valence-corrected chi connectivity index (χ0v) is 13.4. The summed E-state index contributed by atoms with van der Waals surface area (Å²) in [6, 6.07) is 12.2. The maximum atomic E-state index is 6.63. The highest BCUT2D eigenvalue weighted by molar-refractivity contribution is 9.10. The topological polar surface area (TPSA) is 18.5 Å². The fraction of sp³-hybridized carbons (Fsp3) is 0.250. The van der Waals surface area contributed by atoms with Gasteiger partial charge >= 0.3 is 0 Å². The van der Waals surface area contributed by atoms with Gasteiger partial charge in [-0.1, -0.05) is 40.2 Å². The molecule has 1 aliphatic heterocycles. The van der Waals surface area contributed by atoms with Gasteiger partial charge in [0.1, 0.15) is 5.75 Å². The van der Waals surface area contributed by atoms with Gasteiger partial charge in [-0.25, -0.2) is 0 Å². The third kappa shape index (κ3) is 2.58. The number of rotatable bonds is 3. The van der Waals surface area contributed by atoms with Crippen LogP contribution in [0.2, 0.25) is 0 Å². The Kier molecular flexibility index (Phi) is 4.01. The van der Waals surface area contributed by atoms with Crippen LogP contribution in [0, 0.1) is 0 Å². The van der Waals surface area contributed by atoms with E-state index in [1.807, 2.05) is 18.2 Å². The van der Waals surface area contributed by atoms with Crippen LogP contribution in [-0.4, -0.2) is 7.11 Å². The van der Waals surface area contributed by atoms with Gasteiger partial charge in [0.2, 0.25) is 0 Å². The van der Waals surface area contributed by atoms with Crippen molar-refractivity contribution in [2.75, 3.05) is 7.11 Å². The maximum Gasteiger partial charge on any atom is 0.125 e. The number of ether oxygens (including phenoxy) is 2. The first-order valence-corrected chi connectivity index (χ1v) is 7.59. The first kappa shape index (κ1) is 13.9. The minimum atomic E-state index is -0.232. The molecule has 1 heterocycles. The van der Waals surface area contributed by atoms with E-state index in [1.54, 1.807) is 7.11 Å². The summed E-state index contributed by atoms with van der Waals surface area (Å²) in [5, 5.41) is -0.232. The van der Waals surface area contributed by atoms with Crippen LogP contribution < -0.4 is 4.74 Å². The zero-order chi connectivity index (χ0) is 14.1. The largest absolute Gasteiger partial charge is 0.496 e. The Morgan fingerprint density at radius 3 is 2.75 bits per heavy atom. The maximum absolute atomic E-state index is 6.63. The van der Waals surface area contributed by atoms with E-state index in [0.29, 0.717) is 13.2 Å². The lowest BCUT2D eigenvalue weighted by Crippen LogP contribution is -1.98. The Morgan fingerprint density at radius 1 is 1.15 bits per heavy atom. The zero-order valence-electron chi connectivity index (χ0n) is 11.0. The predicted octanol–water partition coefficient (Wildman–Crippen LogP) is 4.82. The van der Waals surface area contributed by atoms with E-state index in [1.165, 1.54) is 11.1 Å². The molecule has 4 heteroatoms. The molecule has 0 amide bonds. The van der Waals surface area contributed by atoms with Gasteiger partial charge in [0.25, 0.3) is 0 Å². The van der Waals surface area contributed by atoms with E-state index in [2.05, 4.69) is 34.1 Å². The SMILES string of the molecule is COc1cc(Br)ccc1C(Cl)c1ccc2c(c1)COC2. The van der Waals surface area contributed by atoms with Crippen LogP contribution in [0.25, 0.3) is 0 Å². The van der Waals surface area contributed by atoms with Crippen molar-refractivity contribution in [1.29, 1.82) is 0 Å². The minimum absolute atomic E-state index is 0.232. The molecule has 0 saturated heterocycles. The average Bonchev–Trinajstić information content (AvgIpc) is 2.93. The van der Waals surface area contributed by atoms with Crippen LogP contribution in [0.15, 0.2) is 40.9 Å². The second kappa shape index (κ2) is 5.76. The van der Waals surface area contributed by atoms with Crippen molar-refractivity contribution in [2.45, 2.75) is 18.6 Å². The lowest BCUT2D eigenvalue weighted by molar-refractivity contribution is 0.134. The molecule has 0 aliphatic carbocycles. The van der Waals surface area contributed by atoms with E-state index in [0.717, 1.165) is 21.3 Å². The summed E-state index contributed by atoms with van der Waals surface area (Å²) < 4.78 is 11.8. The molecular weight excluding hydrogens is 340 g/mol. The smallest absolute Gasteiger partial charge is 0.125 e. The van der Waals surface area contributed by atoms with Crippen LogP contribution in [0.4, 0.5) is 0 Å². The summed E-state index contributed by atoms with van der Waals surface area (Å²) in [6.07, 6.45) is 0. The number of fused-ring (bicyclic) bond motifs is 1. The highest BCUT2D eigenvalue weighted by Gasteiger charge is 2.19. The second-order valence-electron chi connectivity index (χ2n) is 4.77. The molecule has 0 fully saturated rings. The van der Waals surface area contributed by atoms with Gasteiger partial charge in [-0.2, -0.15) is 0 Å². The van der Waals surface area contributed by atoms with Crippen molar-refractivity contribution in [3.05, 3.63) is 63.1 Å².